The zero-order valence-electron chi connectivity index (χ0n) is 10.5. The molecular formula is C13H28ClN. The number of halogens is 1. The fourth-order valence-electron chi connectivity index (χ4n) is 2.58. The molecular weight excluding hydrogens is 206 g/mol. The quantitative estimate of drug-likeness (QED) is 0.562. The van der Waals surface area contributed by atoms with E-state index in [-0.39, 0.29) is 12.4 Å². The van der Waals surface area contributed by atoms with Crippen LogP contribution < -0.4 is 17.3 Å². The maximum Gasteiger partial charge on any atom is 0.0846 e. The summed E-state index contributed by atoms with van der Waals surface area (Å²) in [5.41, 5.74) is 0. The van der Waals surface area contributed by atoms with E-state index in [0.717, 1.165) is 6.04 Å². The average molecular weight is 234 g/mol. The van der Waals surface area contributed by atoms with Gasteiger partial charge in [-0.3, -0.25) is 0 Å². The van der Waals surface area contributed by atoms with Crippen molar-refractivity contribution in [2.45, 2.75) is 71.3 Å². The van der Waals surface area contributed by atoms with Crippen LogP contribution in [0.4, 0.5) is 0 Å². The Labute approximate surface area is 102 Å². The van der Waals surface area contributed by atoms with Crippen LogP contribution in [0.2, 0.25) is 0 Å². The highest BCUT2D eigenvalue weighted by atomic mass is 35.5. The van der Waals surface area contributed by atoms with E-state index < -0.39 is 0 Å². The summed E-state index contributed by atoms with van der Waals surface area (Å²) in [5.74, 6) is 0. The van der Waals surface area contributed by atoms with Crippen LogP contribution in [0.3, 0.4) is 0 Å². The van der Waals surface area contributed by atoms with Crippen LogP contribution in [0, 0.1) is 0 Å². The smallest absolute Gasteiger partial charge is 0.0846 e. The molecule has 1 aliphatic rings. The minimum atomic E-state index is 0. The fourth-order valence-corrected chi connectivity index (χ4v) is 2.58. The summed E-state index contributed by atoms with van der Waals surface area (Å²) in [7, 11) is 0. The van der Waals surface area contributed by atoms with Gasteiger partial charge >= 0.3 is 0 Å². The molecule has 1 unspecified atom stereocenters. The lowest BCUT2D eigenvalue weighted by atomic mass is 10.1. The van der Waals surface area contributed by atoms with Gasteiger partial charge in [-0.15, -0.1) is 0 Å². The molecule has 0 amide bonds. The van der Waals surface area contributed by atoms with Crippen LogP contribution in [-0.2, 0) is 0 Å². The largest absolute Gasteiger partial charge is 1.00 e. The SMILES string of the molecule is CCCCCCCC(C)[NH+]1CCCC1.[Cl-]. The minimum Gasteiger partial charge on any atom is -1.00 e. The molecule has 0 aromatic carbocycles. The Morgan fingerprint density at radius 3 is 2.20 bits per heavy atom. The number of hydrogen-bond acceptors (Lipinski definition) is 0. The number of rotatable bonds is 7. The highest BCUT2D eigenvalue weighted by Gasteiger charge is 2.20. The number of likely N-dealkylation sites (tertiary alicyclic amines) is 1. The van der Waals surface area contributed by atoms with Crippen molar-refractivity contribution < 1.29 is 17.3 Å². The second-order valence-corrected chi connectivity index (χ2v) is 4.97. The van der Waals surface area contributed by atoms with E-state index in [2.05, 4.69) is 13.8 Å². The van der Waals surface area contributed by atoms with Gasteiger partial charge in [-0.1, -0.05) is 32.6 Å². The fraction of sp³-hybridized carbons (Fsp3) is 1.00. The van der Waals surface area contributed by atoms with Crippen molar-refractivity contribution in [2.24, 2.45) is 0 Å². The summed E-state index contributed by atoms with van der Waals surface area (Å²) < 4.78 is 0. The van der Waals surface area contributed by atoms with Crippen molar-refractivity contribution in [1.29, 1.82) is 0 Å². The van der Waals surface area contributed by atoms with Gasteiger partial charge in [0.25, 0.3) is 0 Å². The highest BCUT2D eigenvalue weighted by molar-refractivity contribution is 4.54. The van der Waals surface area contributed by atoms with E-state index in [1.165, 1.54) is 64.5 Å². The average Bonchev–Trinajstić information content (AvgIpc) is 2.70. The van der Waals surface area contributed by atoms with Crippen molar-refractivity contribution in [2.75, 3.05) is 13.1 Å². The number of unbranched alkanes of at least 4 members (excludes halogenated alkanes) is 4. The number of hydrogen-bond donors (Lipinski definition) is 1. The molecule has 0 aromatic rings. The van der Waals surface area contributed by atoms with Crippen LogP contribution in [0.25, 0.3) is 0 Å². The first-order chi connectivity index (χ1) is 6.84. The van der Waals surface area contributed by atoms with Gasteiger partial charge in [0.15, 0.2) is 0 Å². The molecule has 15 heavy (non-hydrogen) atoms. The molecule has 1 heterocycles. The lowest BCUT2D eigenvalue weighted by molar-refractivity contribution is -0.911. The Hall–Kier alpha value is 0.250. The van der Waals surface area contributed by atoms with Gasteiger partial charge in [-0.2, -0.15) is 0 Å². The van der Waals surface area contributed by atoms with E-state index in [1.54, 1.807) is 0 Å². The molecule has 1 N–H and O–H groups in total. The van der Waals surface area contributed by atoms with Crippen molar-refractivity contribution in [3.05, 3.63) is 0 Å². The van der Waals surface area contributed by atoms with Crippen LogP contribution in [0.1, 0.15) is 65.2 Å². The summed E-state index contributed by atoms with van der Waals surface area (Å²) in [4.78, 5) is 1.88. The molecule has 1 nitrogen and oxygen atoms in total. The molecule has 0 bridgehead atoms. The number of nitrogens with one attached hydrogen (secondary N) is 1. The first-order valence-electron chi connectivity index (χ1n) is 6.69. The maximum atomic E-state index is 2.44. The zero-order chi connectivity index (χ0) is 10.2. The maximum absolute atomic E-state index is 2.44. The summed E-state index contributed by atoms with van der Waals surface area (Å²) in [6.07, 6.45) is 11.6. The van der Waals surface area contributed by atoms with E-state index >= 15 is 0 Å². The molecule has 0 aliphatic carbocycles. The van der Waals surface area contributed by atoms with E-state index in [9.17, 15) is 0 Å². The number of quaternary nitrogens is 1. The molecule has 0 aromatic heterocycles. The molecule has 1 rings (SSSR count). The molecule has 1 fully saturated rings. The van der Waals surface area contributed by atoms with E-state index in [0.29, 0.717) is 0 Å². The molecule has 2 heteroatoms. The van der Waals surface area contributed by atoms with Gasteiger partial charge in [-0.25, -0.2) is 0 Å². The van der Waals surface area contributed by atoms with Crippen molar-refractivity contribution in [3.63, 3.8) is 0 Å². The van der Waals surface area contributed by atoms with Gasteiger partial charge < -0.3 is 17.3 Å². The summed E-state index contributed by atoms with van der Waals surface area (Å²) in [6.45, 7) is 7.61. The second-order valence-electron chi connectivity index (χ2n) is 4.97. The molecule has 1 aliphatic heterocycles. The Morgan fingerprint density at radius 1 is 1.00 bits per heavy atom. The van der Waals surface area contributed by atoms with Gasteiger partial charge in [-0.05, 0) is 19.8 Å². The lowest BCUT2D eigenvalue weighted by Crippen LogP contribution is -3.13. The molecule has 1 atom stereocenters. The summed E-state index contributed by atoms with van der Waals surface area (Å²) >= 11 is 0. The Morgan fingerprint density at radius 2 is 1.60 bits per heavy atom. The summed E-state index contributed by atoms with van der Waals surface area (Å²) in [6, 6.07) is 0.930. The molecule has 0 spiro atoms. The standard InChI is InChI=1S/C13H27N.ClH/c1-3-4-5-6-7-10-13(2)14-11-8-9-12-14;/h13H,3-12H2,1-2H3;1H. The third-order valence-electron chi connectivity index (χ3n) is 3.68. The lowest BCUT2D eigenvalue weighted by Gasteiger charge is -2.20. The molecule has 0 saturated carbocycles. The van der Waals surface area contributed by atoms with E-state index in [4.69, 9.17) is 0 Å². The van der Waals surface area contributed by atoms with Crippen LogP contribution >= 0.6 is 0 Å². The third-order valence-corrected chi connectivity index (χ3v) is 3.68. The van der Waals surface area contributed by atoms with Crippen LogP contribution in [0.15, 0.2) is 0 Å². The van der Waals surface area contributed by atoms with Gasteiger partial charge in [0, 0.05) is 12.8 Å². The molecule has 1 saturated heterocycles. The predicted molar refractivity (Wildman–Crippen MR) is 62.8 cm³/mol. The van der Waals surface area contributed by atoms with Crippen LogP contribution in [0.5, 0.6) is 0 Å². The normalized spacial score (nSPS) is 18.8. The van der Waals surface area contributed by atoms with Crippen molar-refractivity contribution in [1.82, 2.24) is 0 Å². The van der Waals surface area contributed by atoms with Crippen molar-refractivity contribution >= 4 is 0 Å². The zero-order valence-corrected chi connectivity index (χ0v) is 11.3. The monoisotopic (exact) mass is 233 g/mol. The minimum absolute atomic E-state index is 0. The molecule has 0 radical (unpaired) electrons. The topological polar surface area (TPSA) is 4.44 Å². The Balaban J connectivity index is 0.00000196. The second kappa shape index (κ2) is 9.47. The van der Waals surface area contributed by atoms with Crippen molar-refractivity contribution in [3.8, 4) is 0 Å². The van der Waals surface area contributed by atoms with Gasteiger partial charge in [0.2, 0.25) is 0 Å². The van der Waals surface area contributed by atoms with E-state index in [1.807, 2.05) is 4.90 Å². The van der Waals surface area contributed by atoms with Gasteiger partial charge in [0.05, 0.1) is 19.1 Å². The Bertz CT molecular complexity index is 132. The highest BCUT2D eigenvalue weighted by Crippen LogP contribution is 2.06. The Kier molecular flexibility index (Phi) is 9.63. The third kappa shape index (κ3) is 6.42. The first kappa shape index (κ1) is 15.2. The van der Waals surface area contributed by atoms with Crippen LogP contribution in [-0.4, -0.2) is 19.1 Å². The molecule has 92 valence electrons. The van der Waals surface area contributed by atoms with Gasteiger partial charge in [0.1, 0.15) is 0 Å². The predicted octanol–water partition coefficient (Wildman–Crippen LogP) is -0.582. The summed E-state index contributed by atoms with van der Waals surface area (Å²) in [5, 5.41) is 0. The first-order valence-corrected chi connectivity index (χ1v) is 6.69.